The number of morpholine rings is 1. The molecule has 10 nitrogen and oxygen atoms in total. The van der Waals surface area contributed by atoms with Gasteiger partial charge in [-0.1, -0.05) is 12.1 Å². The van der Waals surface area contributed by atoms with Gasteiger partial charge in [-0.25, -0.2) is 15.0 Å². The quantitative estimate of drug-likeness (QED) is 0.384. The number of pyridine rings is 1. The Kier molecular flexibility index (Phi) is 6.37. The Bertz CT molecular complexity index is 1600. The summed E-state index contributed by atoms with van der Waals surface area (Å²) in [7, 11) is 0. The van der Waals surface area contributed by atoms with E-state index in [-0.39, 0.29) is 29.0 Å². The molecule has 3 N–H and O–H groups in total. The van der Waals surface area contributed by atoms with Crippen LogP contribution in [0.25, 0.3) is 16.8 Å². The maximum Gasteiger partial charge on any atom is 0.416 e. The largest absolute Gasteiger partial charge is 0.416 e. The van der Waals surface area contributed by atoms with Gasteiger partial charge in [0, 0.05) is 42.2 Å². The molecule has 2 aliphatic rings. The second kappa shape index (κ2) is 9.90. The maximum absolute atomic E-state index is 13.0. The number of hydrogen-bond acceptors (Lipinski definition) is 7. The van der Waals surface area contributed by atoms with Crippen molar-refractivity contribution in [3.8, 4) is 11.3 Å². The highest BCUT2D eigenvalue weighted by molar-refractivity contribution is 6.04. The fourth-order valence-electron chi connectivity index (χ4n) is 4.75. The Morgan fingerprint density at radius 1 is 1.07 bits per heavy atom. The summed E-state index contributed by atoms with van der Waals surface area (Å²) < 4.78 is 46.8. The molecule has 40 heavy (non-hydrogen) atoms. The molecular weight excluding hydrogens is 527 g/mol. The van der Waals surface area contributed by atoms with E-state index in [2.05, 4.69) is 15.3 Å². The normalized spacial score (nSPS) is 17.7. The van der Waals surface area contributed by atoms with Gasteiger partial charge >= 0.3 is 6.18 Å². The first-order valence-electron chi connectivity index (χ1n) is 12.7. The number of carbonyl (C=O) groups is 2. The Morgan fingerprint density at radius 3 is 2.58 bits per heavy atom. The molecule has 13 heteroatoms. The van der Waals surface area contributed by atoms with Gasteiger partial charge in [0.1, 0.15) is 34.8 Å². The standard InChI is InChI=1S/C27H24F3N7O3/c28-27(29,30)18-7-8-32-20(13-18)34-25(38)16-3-1-15(2-4-16)21-22-23(31)33-9-10-37(22)24(35-21)19-14-36(11-12-40-19)26(39)17-5-6-17/h1-4,7-10,13,17,19H,5-6,11-12,14H2,(H2,31,33)(H,32,34,38). The van der Waals surface area contributed by atoms with Gasteiger partial charge in [-0.05, 0) is 37.1 Å². The van der Waals surface area contributed by atoms with E-state index in [1.54, 1.807) is 28.9 Å². The third-order valence-electron chi connectivity index (χ3n) is 6.95. The molecule has 2 amide bonds. The Labute approximate surface area is 226 Å². The van der Waals surface area contributed by atoms with Gasteiger partial charge in [-0.2, -0.15) is 13.2 Å². The zero-order valence-electron chi connectivity index (χ0n) is 21.1. The molecule has 1 unspecified atom stereocenters. The first-order valence-corrected chi connectivity index (χ1v) is 12.7. The van der Waals surface area contributed by atoms with Crippen molar-refractivity contribution in [2.45, 2.75) is 25.1 Å². The molecule has 1 aromatic carbocycles. The fourth-order valence-corrected chi connectivity index (χ4v) is 4.75. The van der Waals surface area contributed by atoms with Crippen LogP contribution in [0, 0.1) is 5.92 Å². The molecule has 1 aliphatic carbocycles. The van der Waals surface area contributed by atoms with Crippen molar-refractivity contribution in [2.75, 3.05) is 30.7 Å². The lowest BCUT2D eigenvalue weighted by molar-refractivity contribution is -0.140. The Balaban J connectivity index is 1.27. The SMILES string of the molecule is Nc1nccn2c(C3CN(C(=O)C4CC4)CCO3)nc(-c3ccc(C(=O)Nc4cc(C(F)(F)F)ccn4)cc3)c12. The van der Waals surface area contributed by atoms with Gasteiger partial charge in [0.25, 0.3) is 5.91 Å². The molecule has 1 saturated heterocycles. The molecule has 6 rings (SSSR count). The van der Waals surface area contributed by atoms with E-state index in [1.165, 1.54) is 12.1 Å². The number of fused-ring (bicyclic) bond motifs is 1. The Hall–Kier alpha value is -4.52. The van der Waals surface area contributed by atoms with Crippen LogP contribution in [0.2, 0.25) is 0 Å². The molecule has 1 aliphatic heterocycles. The average molecular weight is 552 g/mol. The topological polar surface area (TPSA) is 128 Å². The summed E-state index contributed by atoms with van der Waals surface area (Å²) in [6.45, 7) is 1.29. The van der Waals surface area contributed by atoms with Crippen molar-refractivity contribution >= 4 is 29.0 Å². The van der Waals surface area contributed by atoms with Crippen LogP contribution in [-0.4, -0.2) is 55.8 Å². The zero-order chi connectivity index (χ0) is 28.0. The molecule has 1 atom stereocenters. The molecular formula is C27H24F3N7O3. The third kappa shape index (κ3) is 4.95. The maximum atomic E-state index is 13.0. The highest BCUT2D eigenvalue weighted by Crippen LogP contribution is 2.35. The first kappa shape index (κ1) is 25.7. The number of nitrogens with two attached hydrogens (primary N) is 1. The number of hydrogen-bond donors (Lipinski definition) is 2. The van der Waals surface area contributed by atoms with Gasteiger partial charge in [0.15, 0.2) is 0 Å². The summed E-state index contributed by atoms with van der Waals surface area (Å²) in [4.78, 5) is 40.0. The number of nitrogens with one attached hydrogen (secondary N) is 1. The number of halogens is 3. The van der Waals surface area contributed by atoms with Crippen molar-refractivity contribution in [2.24, 2.45) is 5.92 Å². The minimum absolute atomic E-state index is 0.103. The smallest absolute Gasteiger partial charge is 0.382 e. The molecule has 4 heterocycles. The summed E-state index contributed by atoms with van der Waals surface area (Å²) in [6.07, 6.45) is 1.09. The first-order chi connectivity index (χ1) is 19.2. The van der Waals surface area contributed by atoms with Crippen LogP contribution < -0.4 is 11.1 Å². The van der Waals surface area contributed by atoms with E-state index >= 15 is 0 Å². The van der Waals surface area contributed by atoms with Crippen LogP contribution in [0.1, 0.15) is 40.7 Å². The van der Waals surface area contributed by atoms with Gasteiger partial charge in [-0.3, -0.25) is 14.0 Å². The van der Waals surface area contributed by atoms with Crippen LogP contribution in [0.5, 0.6) is 0 Å². The monoisotopic (exact) mass is 551 g/mol. The second-order valence-corrected chi connectivity index (χ2v) is 9.73. The summed E-state index contributed by atoms with van der Waals surface area (Å²) >= 11 is 0. The summed E-state index contributed by atoms with van der Waals surface area (Å²) in [5.74, 6) is 0.233. The predicted molar refractivity (Wildman–Crippen MR) is 138 cm³/mol. The van der Waals surface area contributed by atoms with Crippen molar-refractivity contribution in [3.63, 3.8) is 0 Å². The summed E-state index contributed by atoms with van der Waals surface area (Å²) in [5.41, 5.74) is 7.24. The van der Waals surface area contributed by atoms with E-state index in [4.69, 9.17) is 15.5 Å². The minimum Gasteiger partial charge on any atom is -0.382 e. The number of rotatable bonds is 5. The number of alkyl halides is 3. The summed E-state index contributed by atoms with van der Waals surface area (Å²) in [5, 5.41) is 2.39. The number of benzene rings is 1. The van der Waals surface area contributed by atoms with Crippen LogP contribution in [0.4, 0.5) is 24.8 Å². The number of imidazole rings is 1. The minimum atomic E-state index is -4.55. The van der Waals surface area contributed by atoms with Crippen molar-refractivity contribution in [1.82, 2.24) is 24.3 Å². The molecule has 1 saturated carbocycles. The molecule has 206 valence electrons. The van der Waals surface area contributed by atoms with E-state index in [0.29, 0.717) is 42.3 Å². The van der Waals surface area contributed by atoms with Crippen molar-refractivity contribution in [1.29, 1.82) is 0 Å². The van der Waals surface area contributed by atoms with Gasteiger partial charge in [0.2, 0.25) is 5.91 Å². The number of aromatic nitrogens is 4. The molecule has 0 bridgehead atoms. The lowest BCUT2D eigenvalue weighted by Crippen LogP contribution is -2.43. The van der Waals surface area contributed by atoms with Crippen LogP contribution >= 0.6 is 0 Å². The summed E-state index contributed by atoms with van der Waals surface area (Å²) in [6, 6.07) is 7.99. The highest BCUT2D eigenvalue weighted by Gasteiger charge is 2.37. The number of nitrogens with zero attached hydrogens (tertiary/aromatic N) is 5. The van der Waals surface area contributed by atoms with E-state index in [9.17, 15) is 22.8 Å². The second-order valence-electron chi connectivity index (χ2n) is 9.73. The number of anilines is 2. The number of nitrogen functional groups attached to an aromatic ring is 1. The molecule has 0 radical (unpaired) electrons. The highest BCUT2D eigenvalue weighted by atomic mass is 19.4. The van der Waals surface area contributed by atoms with Gasteiger partial charge in [0.05, 0.1) is 18.7 Å². The van der Waals surface area contributed by atoms with Gasteiger partial charge < -0.3 is 20.7 Å². The zero-order valence-corrected chi connectivity index (χ0v) is 21.1. The third-order valence-corrected chi connectivity index (χ3v) is 6.95. The predicted octanol–water partition coefficient (Wildman–Crippen LogP) is 3.95. The van der Waals surface area contributed by atoms with E-state index in [0.717, 1.165) is 31.2 Å². The van der Waals surface area contributed by atoms with E-state index in [1.807, 2.05) is 4.90 Å². The van der Waals surface area contributed by atoms with Crippen LogP contribution in [-0.2, 0) is 15.7 Å². The van der Waals surface area contributed by atoms with Crippen molar-refractivity contribution < 1.29 is 27.5 Å². The lowest BCUT2D eigenvalue weighted by atomic mass is 10.1. The number of amides is 2. The molecule has 0 spiro atoms. The van der Waals surface area contributed by atoms with Crippen LogP contribution in [0.3, 0.4) is 0 Å². The van der Waals surface area contributed by atoms with Crippen LogP contribution in [0.15, 0.2) is 55.0 Å². The average Bonchev–Trinajstić information content (AvgIpc) is 3.72. The number of ether oxygens (including phenoxy) is 1. The van der Waals surface area contributed by atoms with Gasteiger partial charge in [-0.15, -0.1) is 0 Å². The molecule has 4 aromatic rings. The number of carbonyl (C=O) groups excluding carboxylic acids is 2. The molecule has 2 fully saturated rings. The fraction of sp³-hybridized carbons (Fsp3) is 0.296. The van der Waals surface area contributed by atoms with E-state index < -0.39 is 23.8 Å². The van der Waals surface area contributed by atoms with Crippen molar-refractivity contribution in [3.05, 3.63) is 71.9 Å². The molecule has 3 aromatic heterocycles. The lowest BCUT2D eigenvalue weighted by Gasteiger charge is -2.32. The Morgan fingerprint density at radius 2 is 1.85 bits per heavy atom.